The lowest BCUT2D eigenvalue weighted by atomic mass is 9.91. The second-order valence-electron chi connectivity index (χ2n) is 5.45. The number of hydrogen-bond donors (Lipinski definition) is 1. The van der Waals surface area contributed by atoms with E-state index >= 15 is 0 Å². The molecule has 5 heteroatoms. The van der Waals surface area contributed by atoms with Gasteiger partial charge in [-0.2, -0.15) is 0 Å². The van der Waals surface area contributed by atoms with Gasteiger partial charge in [-0.25, -0.2) is 0 Å². The van der Waals surface area contributed by atoms with Gasteiger partial charge >= 0.3 is 0 Å². The van der Waals surface area contributed by atoms with Crippen molar-refractivity contribution in [2.45, 2.75) is 25.0 Å². The van der Waals surface area contributed by atoms with Crippen molar-refractivity contribution in [3.8, 4) is 11.5 Å². The highest BCUT2D eigenvalue weighted by molar-refractivity contribution is 5.87. The van der Waals surface area contributed by atoms with Crippen LogP contribution in [0, 0.1) is 0 Å². The van der Waals surface area contributed by atoms with Crippen molar-refractivity contribution in [3.05, 3.63) is 29.8 Å². The first-order valence-corrected chi connectivity index (χ1v) is 6.75. The molecule has 1 aromatic carbocycles. The molecule has 0 bridgehead atoms. The third-order valence-corrected chi connectivity index (χ3v) is 4.45. The van der Waals surface area contributed by atoms with Crippen LogP contribution < -0.4 is 9.47 Å². The van der Waals surface area contributed by atoms with Crippen LogP contribution in [0.2, 0.25) is 0 Å². The molecule has 0 spiro atoms. The number of rotatable bonds is 0. The Labute approximate surface area is 116 Å². The first-order chi connectivity index (χ1) is 9.59. The van der Waals surface area contributed by atoms with Crippen LogP contribution in [0.25, 0.3) is 5.57 Å². The van der Waals surface area contributed by atoms with E-state index in [1.807, 2.05) is 12.1 Å². The van der Waals surface area contributed by atoms with Crippen LogP contribution in [0.15, 0.2) is 18.7 Å². The summed E-state index contributed by atoms with van der Waals surface area (Å²) in [6, 6.07) is 3.79. The van der Waals surface area contributed by atoms with E-state index in [0.717, 1.165) is 16.9 Å². The molecule has 0 aliphatic carbocycles. The Morgan fingerprint density at radius 1 is 1.25 bits per heavy atom. The molecule has 20 heavy (non-hydrogen) atoms. The van der Waals surface area contributed by atoms with Crippen LogP contribution in [0.1, 0.15) is 24.0 Å². The Kier molecular flexibility index (Phi) is 2.22. The number of ether oxygens (including phenoxy) is 2. The number of hydrogen-bond acceptors (Lipinski definition) is 4. The van der Waals surface area contributed by atoms with E-state index in [2.05, 4.69) is 6.58 Å². The Hall–Kier alpha value is -2.01. The smallest absolute Gasteiger partial charge is 0.231 e. The summed E-state index contributed by atoms with van der Waals surface area (Å²) in [4.78, 5) is 13.5. The normalized spacial score (nSPS) is 27.4. The van der Waals surface area contributed by atoms with Gasteiger partial charge in [0.15, 0.2) is 17.2 Å². The Morgan fingerprint density at radius 2 is 2.00 bits per heavy atom. The van der Waals surface area contributed by atoms with Gasteiger partial charge in [-0.1, -0.05) is 6.58 Å². The van der Waals surface area contributed by atoms with Gasteiger partial charge in [-0.05, 0) is 29.7 Å². The molecule has 4 rings (SSSR count). The van der Waals surface area contributed by atoms with E-state index in [0.29, 0.717) is 37.1 Å². The van der Waals surface area contributed by atoms with Crippen LogP contribution in [0.4, 0.5) is 0 Å². The Bertz CT molecular complexity index is 639. The van der Waals surface area contributed by atoms with E-state index in [1.165, 1.54) is 0 Å². The van der Waals surface area contributed by atoms with Crippen molar-refractivity contribution in [1.82, 2.24) is 4.90 Å². The molecule has 3 heterocycles. The fraction of sp³-hybridized carbons (Fsp3) is 0.400. The number of amides is 1. The molecule has 104 valence electrons. The first kappa shape index (κ1) is 11.8. The van der Waals surface area contributed by atoms with Gasteiger partial charge in [-0.15, -0.1) is 0 Å². The van der Waals surface area contributed by atoms with Crippen molar-refractivity contribution in [1.29, 1.82) is 0 Å². The molecular formula is C15H15NO4. The fourth-order valence-electron chi connectivity index (χ4n) is 3.30. The maximum absolute atomic E-state index is 11.9. The SMILES string of the molecule is C=C1c2cc3c(cc2CCN2C(=O)CCC12O)OCO3. The van der Waals surface area contributed by atoms with Crippen molar-refractivity contribution < 1.29 is 19.4 Å². The highest BCUT2D eigenvalue weighted by atomic mass is 16.7. The van der Waals surface area contributed by atoms with E-state index in [4.69, 9.17) is 9.47 Å². The molecule has 3 aliphatic rings. The minimum atomic E-state index is -1.25. The molecule has 0 radical (unpaired) electrons. The van der Waals surface area contributed by atoms with Gasteiger partial charge in [0.1, 0.15) is 0 Å². The van der Waals surface area contributed by atoms with Crippen molar-refractivity contribution >= 4 is 11.5 Å². The highest BCUT2D eigenvalue weighted by Gasteiger charge is 2.48. The second-order valence-corrected chi connectivity index (χ2v) is 5.45. The van der Waals surface area contributed by atoms with Crippen molar-refractivity contribution in [2.24, 2.45) is 0 Å². The number of carbonyl (C=O) groups is 1. The predicted octanol–water partition coefficient (Wildman–Crippen LogP) is 1.30. The van der Waals surface area contributed by atoms with Gasteiger partial charge in [0.05, 0.1) is 0 Å². The van der Waals surface area contributed by atoms with Gasteiger partial charge in [0.2, 0.25) is 12.7 Å². The quantitative estimate of drug-likeness (QED) is 0.774. The number of fused-ring (bicyclic) bond motifs is 3. The summed E-state index contributed by atoms with van der Waals surface area (Å²) < 4.78 is 10.8. The summed E-state index contributed by atoms with van der Waals surface area (Å²) in [5, 5.41) is 10.9. The van der Waals surface area contributed by atoms with Gasteiger partial charge in [-0.3, -0.25) is 4.79 Å². The zero-order valence-electron chi connectivity index (χ0n) is 11.0. The van der Waals surface area contributed by atoms with Crippen LogP contribution in [0.3, 0.4) is 0 Å². The first-order valence-electron chi connectivity index (χ1n) is 6.75. The maximum atomic E-state index is 11.9. The van der Waals surface area contributed by atoms with Gasteiger partial charge in [0, 0.05) is 25.0 Å². The molecule has 0 aromatic heterocycles. The Balaban J connectivity index is 1.86. The van der Waals surface area contributed by atoms with E-state index in [-0.39, 0.29) is 12.7 Å². The summed E-state index contributed by atoms with van der Waals surface area (Å²) in [5.41, 5.74) is 1.23. The van der Waals surface area contributed by atoms with E-state index in [9.17, 15) is 9.90 Å². The number of nitrogens with zero attached hydrogens (tertiary/aromatic N) is 1. The second kappa shape index (κ2) is 3.76. The van der Waals surface area contributed by atoms with Crippen LogP contribution in [-0.2, 0) is 11.2 Å². The summed E-state index contributed by atoms with van der Waals surface area (Å²) in [6.07, 6.45) is 1.45. The maximum Gasteiger partial charge on any atom is 0.231 e. The van der Waals surface area contributed by atoms with E-state index in [1.54, 1.807) is 4.90 Å². The number of benzene rings is 1. The summed E-state index contributed by atoms with van der Waals surface area (Å²) in [5.74, 6) is 1.38. The highest BCUT2D eigenvalue weighted by Crippen LogP contribution is 2.45. The number of carbonyl (C=O) groups excluding carboxylic acids is 1. The van der Waals surface area contributed by atoms with Crippen molar-refractivity contribution in [2.75, 3.05) is 13.3 Å². The topological polar surface area (TPSA) is 59.0 Å². The number of aliphatic hydroxyl groups is 1. The summed E-state index contributed by atoms with van der Waals surface area (Å²) in [6.45, 7) is 4.77. The molecule has 3 aliphatic heterocycles. The molecule has 1 unspecified atom stereocenters. The van der Waals surface area contributed by atoms with Gasteiger partial charge in [0.25, 0.3) is 0 Å². The molecule has 1 fully saturated rings. The Morgan fingerprint density at radius 3 is 2.80 bits per heavy atom. The van der Waals surface area contributed by atoms with Crippen LogP contribution in [0.5, 0.6) is 11.5 Å². The van der Waals surface area contributed by atoms with Crippen LogP contribution in [-0.4, -0.2) is 35.0 Å². The zero-order valence-corrected chi connectivity index (χ0v) is 11.0. The predicted molar refractivity (Wildman–Crippen MR) is 71.2 cm³/mol. The van der Waals surface area contributed by atoms with E-state index < -0.39 is 5.72 Å². The minimum absolute atomic E-state index is 0.0125. The fourth-order valence-corrected chi connectivity index (χ4v) is 3.30. The lowest BCUT2D eigenvalue weighted by Gasteiger charge is -2.33. The van der Waals surface area contributed by atoms with Gasteiger partial charge < -0.3 is 19.5 Å². The third kappa shape index (κ3) is 1.38. The summed E-state index contributed by atoms with van der Waals surface area (Å²) >= 11 is 0. The molecule has 0 saturated carbocycles. The molecule has 1 saturated heterocycles. The monoisotopic (exact) mass is 273 g/mol. The van der Waals surface area contributed by atoms with Crippen LogP contribution >= 0.6 is 0 Å². The largest absolute Gasteiger partial charge is 0.454 e. The molecular weight excluding hydrogens is 258 g/mol. The minimum Gasteiger partial charge on any atom is -0.454 e. The molecule has 1 atom stereocenters. The third-order valence-electron chi connectivity index (χ3n) is 4.45. The standard InChI is InChI=1S/C15H15NO4/c1-9-11-7-13-12(19-8-20-13)6-10(11)3-5-16-14(17)2-4-15(9,16)18/h6-7,18H,1-5,8H2. The molecule has 1 aromatic rings. The average molecular weight is 273 g/mol. The van der Waals surface area contributed by atoms with Crippen molar-refractivity contribution in [3.63, 3.8) is 0 Å². The molecule has 5 nitrogen and oxygen atoms in total. The summed E-state index contributed by atoms with van der Waals surface area (Å²) in [7, 11) is 0. The zero-order chi connectivity index (χ0) is 13.9. The lowest BCUT2D eigenvalue weighted by molar-refractivity contribution is -0.137. The lowest BCUT2D eigenvalue weighted by Crippen LogP contribution is -2.46. The average Bonchev–Trinajstić information content (AvgIpc) is 2.98. The molecule has 1 N–H and O–H groups in total. The molecule has 1 amide bonds.